The third-order valence-electron chi connectivity index (χ3n) is 5.35. The third kappa shape index (κ3) is 3.92. The summed E-state index contributed by atoms with van der Waals surface area (Å²) >= 11 is 0. The molecule has 1 aliphatic rings. The van der Waals surface area contributed by atoms with Gasteiger partial charge in [-0.25, -0.2) is 4.79 Å². The average molecular weight is 431 g/mol. The van der Waals surface area contributed by atoms with E-state index in [0.29, 0.717) is 17.9 Å². The zero-order chi connectivity index (χ0) is 22.7. The number of rotatable bonds is 7. The van der Waals surface area contributed by atoms with E-state index in [1.54, 1.807) is 30.3 Å². The van der Waals surface area contributed by atoms with Crippen LogP contribution in [0.15, 0.2) is 88.7 Å². The van der Waals surface area contributed by atoms with Crippen LogP contribution in [0.2, 0.25) is 0 Å². The lowest BCUT2D eigenvalue weighted by atomic mass is 9.96. The van der Waals surface area contributed by atoms with Crippen LogP contribution in [0.4, 0.5) is 5.69 Å². The van der Waals surface area contributed by atoms with Gasteiger partial charge in [0.2, 0.25) is 0 Å². The lowest BCUT2D eigenvalue weighted by Crippen LogP contribution is -2.31. The van der Waals surface area contributed by atoms with Crippen LogP contribution in [0.3, 0.4) is 0 Å². The Morgan fingerprint density at radius 1 is 1.06 bits per heavy atom. The molecule has 1 aromatic heterocycles. The van der Waals surface area contributed by atoms with Gasteiger partial charge >= 0.3 is 5.97 Å². The predicted molar refractivity (Wildman–Crippen MR) is 116 cm³/mol. The van der Waals surface area contributed by atoms with Crippen molar-refractivity contribution in [2.75, 3.05) is 12.0 Å². The maximum absolute atomic E-state index is 13.2. The molecule has 7 heteroatoms. The van der Waals surface area contributed by atoms with Gasteiger partial charge in [-0.1, -0.05) is 36.4 Å². The molecule has 2 aromatic carbocycles. The highest BCUT2D eigenvalue weighted by Crippen LogP contribution is 2.41. The van der Waals surface area contributed by atoms with Crippen LogP contribution >= 0.6 is 0 Å². The molecule has 0 bridgehead atoms. The average Bonchev–Trinajstić information content (AvgIpc) is 3.44. The summed E-state index contributed by atoms with van der Waals surface area (Å²) in [5, 5.41) is 10.7. The summed E-state index contributed by atoms with van der Waals surface area (Å²) in [6.07, 6.45) is 2.02. The number of carbonyl (C=O) groups is 3. The highest BCUT2D eigenvalue weighted by Gasteiger charge is 2.45. The number of aliphatic hydroxyl groups excluding tert-OH is 1. The molecule has 1 amide bonds. The van der Waals surface area contributed by atoms with Gasteiger partial charge in [0, 0.05) is 12.1 Å². The van der Waals surface area contributed by atoms with Crippen LogP contribution in [0.1, 0.15) is 34.1 Å². The summed E-state index contributed by atoms with van der Waals surface area (Å²) in [6.45, 7) is 0. The largest absolute Gasteiger partial charge is 0.503 e. The predicted octanol–water partition coefficient (Wildman–Crippen LogP) is 4.17. The van der Waals surface area contributed by atoms with E-state index in [4.69, 9.17) is 9.15 Å². The van der Waals surface area contributed by atoms with Crippen molar-refractivity contribution in [3.05, 3.63) is 101 Å². The van der Waals surface area contributed by atoms with Crippen molar-refractivity contribution in [2.24, 2.45) is 0 Å². The molecule has 0 aliphatic carbocycles. The smallest absolute Gasteiger partial charge is 0.337 e. The molecule has 1 atom stereocenters. The number of carbonyl (C=O) groups excluding carboxylic acids is 3. The number of hydrogen-bond donors (Lipinski definition) is 1. The van der Waals surface area contributed by atoms with E-state index in [1.165, 1.54) is 24.3 Å². The highest BCUT2D eigenvalue weighted by atomic mass is 16.5. The van der Waals surface area contributed by atoms with Gasteiger partial charge in [-0.3, -0.25) is 14.5 Å². The van der Waals surface area contributed by atoms with Crippen LogP contribution < -0.4 is 4.90 Å². The number of nitrogens with zero attached hydrogens (tertiary/aromatic N) is 1. The van der Waals surface area contributed by atoms with Crippen LogP contribution in [0.5, 0.6) is 0 Å². The van der Waals surface area contributed by atoms with Gasteiger partial charge in [-0.2, -0.15) is 0 Å². The molecular formula is C25H21NO6. The fourth-order valence-corrected chi connectivity index (χ4v) is 3.81. The van der Waals surface area contributed by atoms with E-state index in [9.17, 15) is 19.5 Å². The second-order valence-electron chi connectivity index (χ2n) is 7.31. The van der Waals surface area contributed by atoms with Gasteiger partial charge in [0.25, 0.3) is 5.91 Å². The van der Waals surface area contributed by atoms with E-state index in [2.05, 4.69) is 0 Å². The lowest BCUT2D eigenvalue weighted by Gasteiger charge is -2.25. The molecule has 0 radical (unpaired) electrons. The number of methoxy groups -OCH3 is 1. The Morgan fingerprint density at radius 2 is 1.84 bits per heavy atom. The number of Topliss-reactive ketones (excluding diaryl/α,β-unsaturated/α-hetero) is 1. The number of aliphatic hydroxyl groups is 1. The van der Waals surface area contributed by atoms with Crippen molar-refractivity contribution in [1.82, 2.24) is 0 Å². The molecule has 32 heavy (non-hydrogen) atoms. The summed E-state index contributed by atoms with van der Waals surface area (Å²) < 4.78 is 10.3. The van der Waals surface area contributed by atoms with Crippen molar-refractivity contribution in [3.63, 3.8) is 0 Å². The number of amides is 1. The minimum absolute atomic E-state index is 0.0237. The van der Waals surface area contributed by atoms with Crippen LogP contribution in [-0.2, 0) is 20.7 Å². The van der Waals surface area contributed by atoms with Crippen molar-refractivity contribution in [3.8, 4) is 0 Å². The minimum atomic E-state index is -0.950. The second kappa shape index (κ2) is 8.93. The maximum Gasteiger partial charge on any atom is 0.337 e. The normalized spacial score (nSPS) is 15.8. The van der Waals surface area contributed by atoms with Gasteiger partial charge < -0.3 is 14.3 Å². The summed E-state index contributed by atoms with van der Waals surface area (Å²) in [4.78, 5) is 39.5. The Balaban J connectivity index is 1.70. The first-order valence-electron chi connectivity index (χ1n) is 10.1. The van der Waals surface area contributed by atoms with Crippen LogP contribution in [-0.4, -0.2) is 29.9 Å². The number of hydrogen-bond acceptors (Lipinski definition) is 6. The SMILES string of the molecule is COC(=O)c1cccc(N2C(=O)C(O)=C(C(=O)CCc3ccccc3)C2c2ccco2)c1. The Kier molecular flexibility index (Phi) is 5.89. The van der Waals surface area contributed by atoms with Gasteiger partial charge in [0.1, 0.15) is 11.8 Å². The number of esters is 1. The monoisotopic (exact) mass is 431 g/mol. The Labute approximate surface area is 184 Å². The first kappa shape index (κ1) is 21.1. The van der Waals surface area contributed by atoms with Crippen LogP contribution in [0.25, 0.3) is 0 Å². The first-order chi connectivity index (χ1) is 15.5. The number of furan rings is 1. The third-order valence-corrected chi connectivity index (χ3v) is 5.35. The Bertz CT molecular complexity index is 1180. The molecule has 7 nitrogen and oxygen atoms in total. The number of ether oxygens (including phenoxy) is 1. The maximum atomic E-state index is 13.2. The molecule has 0 fully saturated rings. The molecule has 1 aliphatic heterocycles. The van der Waals surface area contributed by atoms with E-state index in [0.717, 1.165) is 5.56 Å². The molecule has 0 saturated carbocycles. The topological polar surface area (TPSA) is 97.0 Å². The number of anilines is 1. The zero-order valence-corrected chi connectivity index (χ0v) is 17.4. The molecule has 3 aromatic rings. The van der Waals surface area contributed by atoms with Gasteiger partial charge in [-0.15, -0.1) is 0 Å². The van der Waals surface area contributed by atoms with Crippen molar-refractivity contribution in [2.45, 2.75) is 18.9 Å². The quantitative estimate of drug-likeness (QED) is 0.564. The minimum Gasteiger partial charge on any atom is -0.503 e. The Morgan fingerprint density at radius 3 is 2.53 bits per heavy atom. The van der Waals surface area contributed by atoms with E-state index >= 15 is 0 Å². The van der Waals surface area contributed by atoms with Crippen molar-refractivity contribution < 1.29 is 28.6 Å². The molecule has 0 saturated heterocycles. The number of aryl methyl sites for hydroxylation is 1. The zero-order valence-electron chi connectivity index (χ0n) is 17.4. The molecule has 4 rings (SSSR count). The summed E-state index contributed by atoms with van der Waals surface area (Å²) in [6, 6.07) is 18.1. The van der Waals surface area contributed by atoms with E-state index in [-0.39, 0.29) is 23.3 Å². The molecule has 1 unspecified atom stereocenters. The molecule has 162 valence electrons. The lowest BCUT2D eigenvalue weighted by molar-refractivity contribution is -0.118. The summed E-state index contributed by atoms with van der Waals surface area (Å²) in [7, 11) is 1.26. The van der Waals surface area contributed by atoms with Crippen LogP contribution in [0, 0.1) is 0 Å². The summed E-state index contributed by atoms with van der Waals surface area (Å²) in [5.74, 6) is -1.95. The second-order valence-corrected chi connectivity index (χ2v) is 7.31. The number of ketones is 1. The fraction of sp³-hybridized carbons (Fsp3) is 0.160. The standard InChI is InChI=1S/C25H21NO6/c1-31-25(30)17-9-5-10-18(15-17)26-22(20-11-6-14-32-20)21(23(28)24(26)29)19(27)13-12-16-7-3-2-4-8-16/h2-11,14-15,22,28H,12-13H2,1H3. The first-order valence-corrected chi connectivity index (χ1v) is 10.1. The van der Waals surface area contributed by atoms with Gasteiger partial charge in [0.05, 0.1) is 24.5 Å². The fourth-order valence-electron chi connectivity index (χ4n) is 3.81. The highest BCUT2D eigenvalue weighted by molar-refractivity contribution is 6.16. The van der Waals surface area contributed by atoms with E-state index in [1.807, 2.05) is 30.3 Å². The van der Waals surface area contributed by atoms with Crippen molar-refractivity contribution >= 4 is 23.3 Å². The van der Waals surface area contributed by atoms with E-state index < -0.39 is 23.7 Å². The molecular weight excluding hydrogens is 410 g/mol. The van der Waals surface area contributed by atoms with Crippen molar-refractivity contribution in [1.29, 1.82) is 0 Å². The molecule has 2 heterocycles. The van der Waals surface area contributed by atoms with Gasteiger partial charge in [0.15, 0.2) is 11.5 Å². The number of benzene rings is 2. The Hall–Kier alpha value is -4.13. The molecule has 0 spiro atoms. The van der Waals surface area contributed by atoms with Gasteiger partial charge in [-0.05, 0) is 42.3 Å². The molecule has 1 N–H and O–H groups in total. The summed E-state index contributed by atoms with van der Waals surface area (Å²) in [5.41, 5.74) is 1.52.